The van der Waals surface area contributed by atoms with Crippen molar-refractivity contribution in [1.82, 2.24) is 0 Å². The van der Waals surface area contributed by atoms with Crippen molar-refractivity contribution in [2.75, 3.05) is 11.9 Å². The van der Waals surface area contributed by atoms with E-state index < -0.39 is 0 Å². The molecule has 1 amide bonds. The fourth-order valence-electron chi connectivity index (χ4n) is 1.47. The highest BCUT2D eigenvalue weighted by atomic mass is 16.5. The molecule has 1 aromatic rings. The first-order valence-electron chi connectivity index (χ1n) is 6.14. The van der Waals surface area contributed by atoms with Gasteiger partial charge in [0, 0.05) is 25.5 Å². The molecule has 98 valence electrons. The second kappa shape index (κ2) is 7.48. The zero-order valence-corrected chi connectivity index (χ0v) is 10.9. The zero-order chi connectivity index (χ0) is 13.4. The van der Waals surface area contributed by atoms with Gasteiger partial charge < -0.3 is 10.1 Å². The van der Waals surface area contributed by atoms with E-state index in [9.17, 15) is 9.59 Å². The Morgan fingerprint density at radius 1 is 1.22 bits per heavy atom. The summed E-state index contributed by atoms with van der Waals surface area (Å²) in [5.41, 5.74) is 0.746. The van der Waals surface area contributed by atoms with Crippen LogP contribution in [0.5, 0.6) is 5.75 Å². The van der Waals surface area contributed by atoms with Crippen LogP contribution in [-0.4, -0.2) is 18.3 Å². The van der Waals surface area contributed by atoms with Crippen LogP contribution in [0.4, 0.5) is 5.69 Å². The second-order valence-corrected chi connectivity index (χ2v) is 4.05. The molecule has 0 saturated carbocycles. The number of hydrogen-bond donors (Lipinski definition) is 1. The molecule has 0 aromatic heterocycles. The molecule has 0 atom stereocenters. The Balaban J connectivity index is 2.31. The van der Waals surface area contributed by atoms with Crippen molar-refractivity contribution in [2.45, 2.75) is 33.1 Å². The van der Waals surface area contributed by atoms with Crippen molar-refractivity contribution in [2.24, 2.45) is 0 Å². The molecule has 0 bridgehead atoms. The van der Waals surface area contributed by atoms with Gasteiger partial charge in [-0.1, -0.05) is 6.92 Å². The minimum Gasteiger partial charge on any atom is -0.494 e. The topological polar surface area (TPSA) is 55.4 Å². The van der Waals surface area contributed by atoms with Gasteiger partial charge in [-0.3, -0.25) is 9.59 Å². The van der Waals surface area contributed by atoms with E-state index in [1.165, 1.54) is 6.92 Å². The van der Waals surface area contributed by atoms with E-state index in [0.29, 0.717) is 19.4 Å². The van der Waals surface area contributed by atoms with Gasteiger partial charge >= 0.3 is 0 Å². The molecule has 0 aliphatic carbocycles. The van der Waals surface area contributed by atoms with E-state index in [1.54, 1.807) is 24.3 Å². The highest BCUT2D eigenvalue weighted by Crippen LogP contribution is 2.15. The van der Waals surface area contributed by atoms with E-state index in [0.717, 1.165) is 17.9 Å². The lowest BCUT2D eigenvalue weighted by atomic mass is 10.2. The monoisotopic (exact) mass is 249 g/mol. The number of benzene rings is 1. The zero-order valence-electron chi connectivity index (χ0n) is 10.9. The smallest absolute Gasteiger partial charge is 0.221 e. The summed E-state index contributed by atoms with van der Waals surface area (Å²) in [6, 6.07) is 7.17. The number of carbonyl (C=O) groups excluding carboxylic acids is 2. The maximum Gasteiger partial charge on any atom is 0.221 e. The molecule has 1 N–H and O–H groups in total. The average molecular weight is 249 g/mol. The third-order valence-electron chi connectivity index (χ3n) is 2.44. The second-order valence-electron chi connectivity index (χ2n) is 4.05. The van der Waals surface area contributed by atoms with Crippen molar-refractivity contribution >= 4 is 17.4 Å². The summed E-state index contributed by atoms with van der Waals surface area (Å²) in [6.07, 6.45) is 1.89. The van der Waals surface area contributed by atoms with Crippen molar-refractivity contribution in [1.29, 1.82) is 0 Å². The molecular formula is C14H19NO3. The molecule has 4 heteroatoms. The van der Waals surface area contributed by atoms with Crippen LogP contribution in [-0.2, 0) is 9.59 Å². The average Bonchev–Trinajstić information content (AvgIpc) is 2.35. The summed E-state index contributed by atoms with van der Waals surface area (Å²) < 4.78 is 5.50. The summed E-state index contributed by atoms with van der Waals surface area (Å²) >= 11 is 0. The first-order valence-corrected chi connectivity index (χ1v) is 6.14. The molecule has 0 radical (unpaired) electrons. The molecule has 4 nitrogen and oxygen atoms in total. The van der Waals surface area contributed by atoms with Crippen LogP contribution in [0.25, 0.3) is 0 Å². The van der Waals surface area contributed by atoms with E-state index in [2.05, 4.69) is 5.32 Å². The molecule has 18 heavy (non-hydrogen) atoms. The quantitative estimate of drug-likeness (QED) is 0.756. The number of Topliss-reactive ketones (excluding diaryl/α,β-unsaturated/α-hetero) is 1. The largest absolute Gasteiger partial charge is 0.494 e. The van der Waals surface area contributed by atoms with Gasteiger partial charge in [-0.2, -0.15) is 0 Å². The molecule has 0 unspecified atom stereocenters. The van der Waals surface area contributed by atoms with Crippen LogP contribution in [0.1, 0.15) is 33.1 Å². The SMILES string of the molecule is CCC(=O)CCCOc1ccc(NC(C)=O)cc1. The number of nitrogens with one attached hydrogen (secondary N) is 1. The number of carbonyl (C=O) groups is 2. The maximum absolute atomic E-state index is 11.1. The number of amides is 1. The third-order valence-corrected chi connectivity index (χ3v) is 2.44. The standard InChI is InChI=1S/C14H19NO3/c1-3-13(17)5-4-10-18-14-8-6-12(7-9-14)15-11(2)16/h6-9H,3-5,10H2,1-2H3,(H,15,16). The normalized spacial score (nSPS) is 9.89. The lowest BCUT2D eigenvalue weighted by Gasteiger charge is -2.07. The Bertz CT molecular complexity index is 398. The van der Waals surface area contributed by atoms with Crippen LogP contribution in [0, 0.1) is 0 Å². The molecule has 1 aromatic carbocycles. The minimum atomic E-state index is -0.0956. The van der Waals surface area contributed by atoms with Crippen LogP contribution in [0.3, 0.4) is 0 Å². The molecule has 0 spiro atoms. The molecule has 0 heterocycles. The summed E-state index contributed by atoms with van der Waals surface area (Å²) in [4.78, 5) is 21.9. The maximum atomic E-state index is 11.1. The van der Waals surface area contributed by atoms with Crippen LogP contribution < -0.4 is 10.1 Å². The van der Waals surface area contributed by atoms with E-state index in [-0.39, 0.29) is 11.7 Å². The summed E-state index contributed by atoms with van der Waals surface area (Å²) in [7, 11) is 0. The van der Waals surface area contributed by atoms with Crippen LogP contribution in [0.15, 0.2) is 24.3 Å². The number of rotatable bonds is 7. The van der Waals surface area contributed by atoms with Gasteiger partial charge in [0.1, 0.15) is 11.5 Å². The van der Waals surface area contributed by atoms with Crippen molar-refractivity contribution < 1.29 is 14.3 Å². The van der Waals surface area contributed by atoms with Gasteiger partial charge in [0.25, 0.3) is 0 Å². The molecular weight excluding hydrogens is 230 g/mol. The number of ether oxygens (including phenoxy) is 1. The first-order chi connectivity index (χ1) is 8.61. The fraction of sp³-hybridized carbons (Fsp3) is 0.429. The Morgan fingerprint density at radius 3 is 2.44 bits per heavy atom. The van der Waals surface area contributed by atoms with Gasteiger partial charge in [-0.25, -0.2) is 0 Å². The summed E-state index contributed by atoms with van der Waals surface area (Å²) in [5.74, 6) is 0.911. The van der Waals surface area contributed by atoms with Crippen molar-refractivity contribution in [3.8, 4) is 5.75 Å². The summed E-state index contributed by atoms with van der Waals surface area (Å²) in [5, 5.41) is 2.68. The van der Waals surface area contributed by atoms with E-state index >= 15 is 0 Å². The van der Waals surface area contributed by atoms with Crippen molar-refractivity contribution in [3.63, 3.8) is 0 Å². The molecule has 1 rings (SSSR count). The number of hydrogen-bond acceptors (Lipinski definition) is 3. The van der Waals surface area contributed by atoms with Gasteiger partial charge in [0.05, 0.1) is 6.61 Å². The molecule has 0 fully saturated rings. The van der Waals surface area contributed by atoms with Crippen molar-refractivity contribution in [3.05, 3.63) is 24.3 Å². The Labute approximate surface area is 107 Å². The predicted molar refractivity (Wildman–Crippen MR) is 70.8 cm³/mol. The molecule has 0 aliphatic heterocycles. The predicted octanol–water partition coefficient (Wildman–Crippen LogP) is 2.78. The van der Waals surface area contributed by atoms with E-state index in [1.807, 2.05) is 6.92 Å². The highest BCUT2D eigenvalue weighted by molar-refractivity contribution is 5.88. The van der Waals surface area contributed by atoms with Crippen LogP contribution >= 0.6 is 0 Å². The Morgan fingerprint density at radius 2 is 1.89 bits per heavy atom. The van der Waals surface area contributed by atoms with Gasteiger partial charge in [-0.05, 0) is 30.7 Å². The van der Waals surface area contributed by atoms with Gasteiger partial charge in [0.15, 0.2) is 0 Å². The van der Waals surface area contributed by atoms with Crippen LogP contribution in [0.2, 0.25) is 0 Å². The minimum absolute atomic E-state index is 0.0956. The first kappa shape index (κ1) is 14.2. The third kappa shape index (κ3) is 5.48. The Hall–Kier alpha value is -1.84. The molecule has 0 saturated heterocycles. The lowest BCUT2D eigenvalue weighted by Crippen LogP contribution is -2.05. The highest BCUT2D eigenvalue weighted by Gasteiger charge is 2.00. The fourth-order valence-corrected chi connectivity index (χ4v) is 1.47. The Kier molecular flexibility index (Phi) is 5.91. The number of ketones is 1. The summed E-state index contributed by atoms with van der Waals surface area (Å²) in [6.45, 7) is 3.87. The van der Waals surface area contributed by atoms with E-state index in [4.69, 9.17) is 4.74 Å². The number of anilines is 1. The van der Waals surface area contributed by atoms with Gasteiger partial charge in [-0.15, -0.1) is 0 Å². The van der Waals surface area contributed by atoms with Gasteiger partial charge in [0.2, 0.25) is 5.91 Å². The lowest BCUT2D eigenvalue weighted by molar-refractivity contribution is -0.119. The molecule has 0 aliphatic rings.